The van der Waals surface area contributed by atoms with Crippen LogP contribution in [-0.2, 0) is 16.9 Å². The van der Waals surface area contributed by atoms with Gasteiger partial charge in [0.05, 0.1) is 15.8 Å². The van der Waals surface area contributed by atoms with E-state index < -0.39 is 15.1 Å². The van der Waals surface area contributed by atoms with E-state index in [4.69, 9.17) is 5.73 Å². The summed E-state index contributed by atoms with van der Waals surface area (Å²) in [4.78, 5) is 0.335. The number of nitrogens with zero attached hydrogens (tertiary/aromatic N) is 2. The number of aromatic nitrogens is 2. The summed E-state index contributed by atoms with van der Waals surface area (Å²) >= 11 is 0. The van der Waals surface area contributed by atoms with Gasteiger partial charge in [-0.1, -0.05) is 12.1 Å². The third-order valence-corrected chi connectivity index (χ3v) is 5.17. The average Bonchev–Trinajstić information content (AvgIpc) is 2.68. The van der Waals surface area contributed by atoms with Crippen molar-refractivity contribution in [3.05, 3.63) is 30.3 Å². The molecule has 1 heterocycles. The topological polar surface area (TPSA) is 78.0 Å². The molecule has 19 heavy (non-hydrogen) atoms. The molecule has 0 fully saturated rings. The van der Waals surface area contributed by atoms with Crippen molar-refractivity contribution in [2.75, 3.05) is 5.73 Å². The van der Waals surface area contributed by atoms with E-state index in [1.807, 2.05) is 0 Å². The summed E-state index contributed by atoms with van der Waals surface area (Å²) in [6, 6.07) is 8.53. The quantitative estimate of drug-likeness (QED) is 0.930. The van der Waals surface area contributed by atoms with Crippen LogP contribution in [0, 0.1) is 0 Å². The molecule has 0 amide bonds. The second-order valence-corrected chi connectivity index (χ2v) is 7.20. The summed E-state index contributed by atoms with van der Waals surface area (Å²) in [5, 5.41) is 3.64. The molecule has 0 aliphatic carbocycles. The van der Waals surface area contributed by atoms with Crippen molar-refractivity contribution < 1.29 is 8.42 Å². The highest BCUT2D eigenvalue weighted by atomic mass is 32.2. The Morgan fingerprint density at radius 2 is 1.79 bits per heavy atom. The lowest BCUT2D eigenvalue weighted by Crippen LogP contribution is -2.13. The molecule has 102 valence electrons. The third-order valence-electron chi connectivity index (χ3n) is 3.00. The van der Waals surface area contributed by atoms with Crippen molar-refractivity contribution in [3.8, 4) is 11.3 Å². The van der Waals surface area contributed by atoms with Crippen LogP contribution in [0.4, 0.5) is 5.82 Å². The highest BCUT2D eigenvalue weighted by Crippen LogP contribution is 2.24. The number of sulfone groups is 1. The van der Waals surface area contributed by atoms with E-state index in [1.165, 1.54) is 0 Å². The Labute approximate surface area is 113 Å². The van der Waals surface area contributed by atoms with Gasteiger partial charge in [0.15, 0.2) is 9.84 Å². The fourth-order valence-corrected chi connectivity index (χ4v) is 2.91. The van der Waals surface area contributed by atoms with E-state index in [0.29, 0.717) is 10.7 Å². The van der Waals surface area contributed by atoms with Crippen LogP contribution in [0.25, 0.3) is 11.3 Å². The van der Waals surface area contributed by atoms with Gasteiger partial charge in [0.25, 0.3) is 0 Å². The van der Waals surface area contributed by atoms with Gasteiger partial charge in [0.2, 0.25) is 0 Å². The van der Waals surface area contributed by atoms with E-state index in [1.54, 1.807) is 55.9 Å². The van der Waals surface area contributed by atoms with Crippen LogP contribution in [-0.4, -0.2) is 23.4 Å². The number of aryl methyl sites for hydroxylation is 1. The molecule has 0 aliphatic heterocycles. The SMILES string of the molecule is CC(C)S(=O)(=O)c1ccc(-c2cc(N)nn2C)cc1. The summed E-state index contributed by atoms with van der Waals surface area (Å²) in [5.41, 5.74) is 7.36. The van der Waals surface area contributed by atoms with E-state index in [-0.39, 0.29) is 0 Å². The number of anilines is 1. The van der Waals surface area contributed by atoms with E-state index in [0.717, 1.165) is 11.3 Å². The third kappa shape index (κ3) is 2.49. The van der Waals surface area contributed by atoms with Crippen molar-refractivity contribution >= 4 is 15.7 Å². The Hall–Kier alpha value is -1.82. The second kappa shape index (κ2) is 4.70. The number of benzene rings is 1. The van der Waals surface area contributed by atoms with Crippen molar-refractivity contribution in [1.82, 2.24) is 9.78 Å². The molecule has 0 atom stereocenters. The maximum Gasteiger partial charge on any atom is 0.180 e. The molecule has 2 aromatic rings. The molecular weight excluding hydrogens is 262 g/mol. The monoisotopic (exact) mass is 279 g/mol. The lowest BCUT2D eigenvalue weighted by molar-refractivity contribution is 0.587. The van der Waals surface area contributed by atoms with Crippen LogP contribution in [0.1, 0.15) is 13.8 Å². The van der Waals surface area contributed by atoms with Gasteiger partial charge < -0.3 is 5.73 Å². The molecule has 0 saturated carbocycles. The van der Waals surface area contributed by atoms with Crippen LogP contribution < -0.4 is 5.73 Å². The highest BCUT2D eigenvalue weighted by Gasteiger charge is 2.19. The summed E-state index contributed by atoms with van der Waals surface area (Å²) < 4.78 is 25.7. The molecule has 0 spiro atoms. The lowest BCUT2D eigenvalue weighted by atomic mass is 10.1. The van der Waals surface area contributed by atoms with Crippen LogP contribution in [0.15, 0.2) is 35.2 Å². The Balaban J connectivity index is 2.42. The molecule has 6 heteroatoms. The Bertz CT molecular complexity index is 685. The minimum atomic E-state index is -3.23. The first kappa shape index (κ1) is 13.6. The van der Waals surface area contributed by atoms with Gasteiger partial charge in [-0.05, 0) is 31.5 Å². The number of rotatable bonds is 3. The van der Waals surface area contributed by atoms with E-state index >= 15 is 0 Å². The van der Waals surface area contributed by atoms with Gasteiger partial charge in [-0.25, -0.2) is 8.42 Å². The zero-order valence-electron chi connectivity index (χ0n) is 11.2. The van der Waals surface area contributed by atoms with Gasteiger partial charge in [-0.15, -0.1) is 0 Å². The average molecular weight is 279 g/mol. The zero-order chi connectivity index (χ0) is 14.2. The smallest absolute Gasteiger partial charge is 0.180 e. The first-order chi connectivity index (χ1) is 8.82. The van der Waals surface area contributed by atoms with E-state index in [9.17, 15) is 8.42 Å². The maximum absolute atomic E-state index is 12.0. The maximum atomic E-state index is 12.0. The molecule has 0 bridgehead atoms. The molecule has 1 aromatic heterocycles. The molecule has 2 N–H and O–H groups in total. The summed E-state index contributed by atoms with van der Waals surface area (Å²) in [6.45, 7) is 3.34. The minimum Gasteiger partial charge on any atom is -0.382 e. The van der Waals surface area contributed by atoms with Crippen LogP contribution >= 0.6 is 0 Å². The highest BCUT2D eigenvalue weighted by molar-refractivity contribution is 7.92. The van der Waals surface area contributed by atoms with Crippen LogP contribution in [0.5, 0.6) is 0 Å². The van der Waals surface area contributed by atoms with Gasteiger partial charge in [-0.3, -0.25) is 4.68 Å². The summed E-state index contributed by atoms with van der Waals surface area (Å²) in [5.74, 6) is 0.441. The number of hydrogen-bond acceptors (Lipinski definition) is 4. The molecule has 0 unspecified atom stereocenters. The van der Waals surface area contributed by atoms with Gasteiger partial charge in [0.1, 0.15) is 5.82 Å². The van der Waals surface area contributed by atoms with Crippen molar-refractivity contribution in [3.63, 3.8) is 0 Å². The summed E-state index contributed by atoms with van der Waals surface area (Å²) in [6.07, 6.45) is 0. The van der Waals surface area contributed by atoms with Gasteiger partial charge in [-0.2, -0.15) is 5.10 Å². The molecule has 1 aromatic carbocycles. The zero-order valence-corrected chi connectivity index (χ0v) is 12.0. The molecule has 0 saturated heterocycles. The normalized spacial score (nSPS) is 12.0. The molecular formula is C13H17N3O2S. The van der Waals surface area contributed by atoms with Gasteiger partial charge in [0, 0.05) is 13.1 Å². The molecule has 2 rings (SSSR count). The lowest BCUT2D eigenvalue weighted by Gasteiger charge is -2.08. The number of nitrogen functional groups attached to an aromatic ring is 1. The van der Waals surface area contributed by atoms with Gasteiger partial charge >= 0.3 is 0 Å². The van der Waals surface area contributed by atoms with Crippen LogP contribution in [0.2, 0.25) is 0 Å². The number of hydrogen-bond donors (Lipinski definition) is 1. The molecule has 5 nitrogen and oxygen atoms in total. The largest absolute Gasteiger partial charge is 0.382 e. The first-order valence-electron chi connectivity index (χ1n) is 5.96. The van der Waals surface area contributed by atoms with E-state index in [2.05, 4.69) is 5.10 Å². The number of nitrogens with two attached hydrogens (primary N) is 1. The predicted molar refractivity (Wildman–Crippen MR) is 75.4 cm³/mol. The Kier molecular flexibility index (Phi) is 3.36. The fraction of sp³-hybridized carbons (Fsp3) is 0.308. The molecule has 0 aliphatic rings. The van der Waals surface area contributed by atoms with Crippen molar-refractivity contribution in [2.24, 2.45) is 7.05 Å². The Morgan fingerprint density at radius 1 is 1.21 bits per heavy atom. The summed E-state index contributed by atoms with van der Waals surface area (Å²) in [7, 11) is -1.43. The van der Waals surface area contributed by atoms with Crippen LogP contribution in [0.3, 0.4) is 0 Å². The first-order valence-corrected chi connectivity index (χ1v) is 7.51. The fourth-order valence-electron chi connectivity index (χ4n) is 1.85. The van der Waals surface area contributed by atoms with Crippen molar-refractivity contribution in [2.45, 2.75) is 24.0 Å². The standard InChI is InChI=1S/C13H17N3O2S/c1-9(2)19(17,18)11-6-4-10(5-7-11)12-8-13(14)15-16(12)3/h4-9H,1-3H3,(H2,14,15). The van der Waals surface area contributed by atoms with Crippen molar-refractivity contribution in [1.29, 1.82) is 0 Å². The Morgan fingerprint density at radius 3 is 2.21 bits per heavy atom. The molecule has 0 radical (unpaired) electrons. The predicted octanol–water partition coefficient (Wildman–Crippen LogP) is 1.85. The minimum absolute atomic E-state index is 0.335. The second-order valence-electron chi connectivity index (χ2n) is 4.70.